The lowest BCUT2D eigenvalue weighted by Gasteiger charge is -2.15. The molecule has 2 rings (SSSR count). The fraction of sp³-hybridized carbons (Fsp3) is 0.533. The van der Waals surface area contributed by atoms with Gasteiger partial charge in [-0.25, -0.2) is 4.79 Å². The first-order valence-electron chi connectivity index (χ1n) is 7.27. The highest BCUT2D eigenvalue weighted by Crippen LogP contribution is 2.27. The Bertz CT molecular complexity index is 543. The third kappa shape index (κ3) is 5.63. The highest BCUT2D eigenvalue weighted by Gasteiger charge is 2.28. The molecule has 1 heterocycles. The number of alkyl halides is 3. The number of ether oxygens (including phenoxy) is 2. The number of rotatable bonds is 5. The number of nitrogens with one attached hydrogen (secondary N) is 2. The van der Waals surface area contributed by atoms with Gasteiger partial charge in [-0.05, 0) is 25.5 Å². The quantitative estimate of drug-likeness (QED) is 0.871. The van der Waals surface area contributed by atoms with Gasteiger partial charge in [-0.15, -0.1) is 0 Å². The Labute approximate surface area is 132 Å². The minimum atomic E-state index is -4.41. The predicted octanol–water partition coefficient (Wildman–Crippen LogP) is 3.09. The molecule has 1 aliphatic rings. The normalized spacial score (nSPS) is 17.8. The molecular formula is C15H19F3N2O3. The number of carbonyl (C=O) groups excluding carboxylic acids is 1. The van der Waals surface area contributed by atoms with Crippen LogP contribution in [0.2, 0.25) is 0 Å². The Morgan fingerprint density at radius 3 is 2.87 bits per heavy atom. The van der Waals surface area contributed by atoms with Gasteiger partial charge in [0.1, 0.15) is 5.75 Å². The third-order valence-corrected chi connectivity index (χ3v) is 3.50. The molecule has 5 nitrogen and oxygen atoms in total. The molecule has 0 bridgehead atoms. The standard InChI is InChI=1S/C15H19F3N2O3/c1-10-12(3-2-4-13(10)23-9-15(16,17)18)20-14(21)19-7-11-5-6-22-8-11/h2-4,11H,5-9H2,1H3,(H2,19,20,21)/t11-/m0/s1. The van der Waals surface area contributed by atoms with Gasteiger partial charge in [-0.1, -0.05) is 6.07 Å². The van der Waals surface area contributed by atoms with E-state index >= 15 is 0 Å². The van der Waals surface area contributed by atoms with E-state index in [1.54, 1.807) is 13.0 Å². The van der Waals surface area contributed by atoms with E-state index in [1.807, 2.05) is 0 Å². The monoisotopic (exact) mass is 332 g/mol. The van der Waals surface area contributed by atoms with Gasteiger partial charge in [0.05, 0.1) is 6.61 Å². The summed E-state index contributed by atoms with van der Waals surface area (Å²) in [5.74, 6) is 0.382. The van der Waals surface area contributed by atoms with Crippen LogP contribution in [0.5, 0.6) is 5.75 Å². The van der Waals surface area contributed by atoms with E-state index in [4.69, 9.17) is 9.47 Å². The Morgan fingerprint density at radius 1 is 1.43 bits per heavy atom. The topological polar surface area (TPSA) is 59.6 Å². The van der Waals surface area contributed by atoms with Crippen molar-refractivity contribution in [2.75, 3.05) is 31.7 Å². The number of anilines is 1. The maximum atomic E-state index is 12.2. The van der Waals surface area contributed by atoms with Gasteiger partial charge in [-0.2, -0.15) is 13.2 Å². The molecule has 1 fully saturated rings. The van der Waals surface area contributed by atoms with Crippen LogP contribution in [0.15, 0.2) is 18.2 Å². The van der Waals surface area contributed by atoms with Gasteiger partial charge in [0.15, 0.2) is 6.61 Å². The van der Waals surface area contributed by atoms with E-state index in [0.717, 1.165) is 6.42 Å². The van der Waals surface area contributed by atoms with Crippen LogP contribution in [0.1, 0.15) is 12.0 Å². The summed E-state index contributed by atoms with van der Waals surface area (Å²) in [5, 5.41) is 5.34. The first-order chi connectivity index (χ1) is 10.8. The Balaban J connectivity index is 1.89. The zero-order valence-corrected chi connectivity index (χ0v) is 12.7. The first kappa shape index (κ1) is 17.4. The van der Waals surface area contributed by atoms with Gasteiger partial charge in [-0.3, -0.25) is 0 Å². The van der Waals surface area contributed by atoms with E-state index in [9.17, 15) is 18.0 Å². The molecule has 23 heavy (non-hydrogen) atoms. The molecular weight excluding hydrogens is 313 g/mol. The van der Waals surface area contributed by atoms with Crippen molar-refractivity contribution in [3.8, 4) is 5.75 Å². The largest absolute Gasteiger partial charge is 0.484 e. The second-order valence-corrected chi connectivity index (χ2v) is 5.40. The van der Waals surface area contributed by atoms with E-state index in [2.05, 4.69) is 10.6 Å². The summed E-state index contributed by atoms with van der Waals surface area (Å²) in [4.78, 5) is 11.9. The molecule has 2 N–H and O–H groups in total. The van der Waals surface area contributed by atoms with Crippen molar-refractivity contribution in [3.63, 3.8) is 0 Å². The third-order valence-electron chi connectivity index (χ3n) is 3.50. The van der Waals surface area contributed by atoms with Crippen LogP contribution in [-0.2, 0) is 4.74 Å². The number of amides is 2. The van der Waals surface area contributed by atoms with Crippen LogP contribution >= 0.6 is 0 Å². The number of urea groups is 1. The van der Waals surface area contributed by atoms with E-state index in [-0.39, 0.29) is 5.75 Å². The fourth-order valence-corrected chi connectivity index (χ4v) is 2.21. The van der Waals surface area contributed by atoms with Crippen molar-refractivity contribution in [2.45, 2.75) is 19.5 Å². The van der Waals surface area contributed by atoms with Crippen molar-refractivity contribution < 1.29 is 27.4 Å². The summed E-state index contributed by atoms with van der Waals surface area (Å²) in [6, 6.07) is 4.15. The molecule has 0 aliphatic carbocycles. The zero-order chi connectivity index (χ0) is 16.9. The highest BCUT2D eigenvalue weighted by molar-refractivity contribution is 5.90. The second-order valence-electron chi connectivity index (χ2n) is 5.40. The lowest BCUT2D eigenvalue weighted by atomic mass is 10.1. The summed E-state index contributed by atoms with van der Waals surface area (Å²) in [6.07, 6.45) is -3.50. The molecule has 0 spiro atoms. The Hall–Kier alpha value is -1.96. The zero-order valence-electron chi connectivity index (χ0n) is 12.7. The maximum Gasteiger partial charge on any atom is 0.422 e. The molecule has 1 aromatic rings. The Morgan fingerprint density at radius 2 is 2.22 bits per heavy atom. The lowest BCUT2D eigenvalue weighted by molar-refractivity contribution is -0.153. The van der Waals surface area contributed by atoms with Crippen LogP contribution in [-0.4, -0.2) is 38.6 Å². The molecule has 1 atom stereocenters. The van der Waals surface area contributed by atoms with Crippen LogP contribution in [0.4, 0.5) is 23.7 Å². The minimum absolute atomic E-state index is 0.0873. The van der Waals surface area contributed by atoms with Crippen LogP contribution < -0.4 is 15.4 Å². The summed E-state index contributed by atoms with van der Waals surface area (Å²) in [6.45, 7) is 2.04. The molecule has 0 unspecified atom stereocenters. The highest BCUT2D eigenvalue weighted by atomic mass is 19.4. The average molecular weight is 332 g/mol. The molecule has 1 saturated heterocycles. The van der Waals surface area contributed by atoms with Crippen molar-refractivity contribution in [1.29, 1.82) is 0 Å². The van der Waals surface area contributed by atoms with Crippen molar-refractivity contribution in [1.82, 2.24) is 5.32 Å². The van der Waals surface area contributed by atoms with E-state index < -0.39 is 18.8 Å². The van der Waals surface area contributed by atoms with Crippen LogP contribution in [0.25, 0.3) is 0 Å². The smallest absolute Gasteiger partial charge is 0.422 e. The molecule has 8 heteroatoms. The molecule has 0 aromatic heterocycles. The summed E-state index contributed by atoms with van der Waals surface area (Å²) in [5.41, 5.74) is 0.848. The molecule has 1 aliphatic heterocycles. The van der Waals surface area contributed by atoms with E-state index in [1.165, 1.54) is 12.1 Å². The molecule has 128 valence electrons. The van der Waals surface area contributed by atoms with Gasteiger partial charge in [0.2, 0.25) is 0 Å². The summed E-state index contributed by atoms with van der Waals surface area (Å²) >= 11 is 0. The number of benzene rings is 1. The molecule has 2 amide bonds. The van der Waals surface area contributed by atoms with Crippen molar-refractivity contribution in [3.05, 3.63) is 23.8 Å². The number of hydrogen-bond donors (Lipinski definition) is 2. The van der Waals surface area contributed by atoms with Crippen molar-refractivity contribution >= 4 is 11.7 Å². The molecule has 0 radical (unpaired) electrons. The predicted molar refractivity (Wildman–Crippen MR) is 78.7 cm³/mol. The second kappa shape index (κ2) is 7.54. The fourth-order valence-electron chi connectivity index (χ4n) is 2.21. The Kier molecular flexibility index (Phi) is 5.70. The minimum Gasteiger partial charge on any atom is -0.484 e. The number of halogens is 3. The van der Waals surface area contributed by atoms with Crippen LogP contribution in [0.3, 0.4) is 0 Å². The van der Waals surface area contributed by atoms with Gasteiger partial charge >= 0.3 is 12.2 Å². The lowest BCUT2D eigenvalue weighted by Crippen LogP contribution is -2.33. The van der Waals surface area contributed by atoms with Gasteiger partial charge in [0, 0.05) is 30.3 Å². The average Bonchev–Trinajstić information content (AvgIpc) is 2.98. The van der Waals surface area contributed by atoms with Crippen molar-refractivity contribution in [2.24, 2.45) is 5.92 Å². The van der Waals surface area contributed by atoms with E-state index in [0.29, 0.717) is 36.9 Å². The molecule has 1 aromatic carbocycles. The molecule has 0 saturated carbocycles. The van der Waals surface area contributed by atoms with Gasteiger partial charge < -0.3 is 20.1 Å². The van der Waals surface area contributed by atoms with Crippen LogP contribution in [0, 0.1) is 12.8 Å². The number of hydrogen-bond acceptors (Lipinski definition) is 3. The SMILES string of the molecule is Cc1c(NC(=O)NC[C@@H]2CCOC2)cccc1OCC(F)(F)F. The first-order valence-corrected chi connectivity index (χ1v) is 7.27. The summed E-state index contributed by atoms with van der Waals surface area (Å²) < 4.78 is 46.6. The number of carbonyl (C=O) groups is 1. The maximum absolute atomic E-state index is 12.2. The summed E-state index contributed by atoms with van der Waals surface area (Å²) in [7, 11) is 0. The van der Waals surface area contributed by atoms with Gasteiger partial charge in [0.25, 0.3) is 0 Å².